The molecule has 0 atom stereocenters. The van der Waals surface area contributed by atoms with Crippen LogP contribution < -0.4 is 0 Å². The fourth-order valence-electron chi connectivity index (χ4n) is 2.41. The molecule has 1 aliphatic carbocycles. The minimum atomic E-state index is -0.159. The van der Waals surface area contributed by atoms with Gasteiger partial charge in [-0.2, -0.15) is 0 Å². The molecule has 0 spiro atoms. The second kappa shape index (κ2) is 6.74. The summed E-state index contributed by atoms with van der Waals surface area (Å²) < 4.78 is 13.3. The molecular formula is C15H23FIN3. The Morgan fingerprint density at radius 1 is 1.20 bits per heavy atom. The lowest BCUT2D eigenvalue weighted by Gasteiger charge is -2.24. The Morgan fingerprint density at radius 2 is 1.80 bits per heavy atom. The Labute approximate surface area is 137 Å². The van der Waals surface area contributed by atoms with Crippen LogP contribution in [0.1, 0.15) is 18.4 Å². The summed E-state index contributed by atoms with van der Waals surface area (Å²) >= 11 is 0. The third kappa shape index (κ3) is 3.84. The molecule has 1 aromatic rings. The monoisotopic (exact) mass is 391 g/mol. The smallest absolute Gasteiger partial charge is 0.195 e. The van der Waals surface area contributed by atoms with E-state index in [2.05, 4.69) is 0 Å². The normalized spacial score (nSPS) is 15.1. The summed E-state index contributed by atoms with van der Waals surface area (Å²) in [7, 11) is 7.95. The standard InChI is InChI=1S/C15H22FN3.HI/c1-18(2)14(19(3)4)17-11-15(8-9-15)12-6-5-7-13(16)10-12;/h5-7,10H,8-9,11H2,1-4H3;1H. The molecule has 112 valence electrons. The largest absolute Gasteiger partial charge is 0.349 e. The maximum Gasteiger partial charge on any atom is 0.195 e. The highest BCUT2D eigenvalue weighted by Crippen LogP contribution is 2.48. The zero-order chi connectivity index (χ0) is 14.0. The van der Waals surface area contributed by atoms with Crippen molar-refractivity contribution in [1.29, 1.82) is 0 Å². The van der Waals surface area contributed by atoms with Crippen LogP contribution in [0.4, 0.5) is 4.39 Å². The van der Waals surface area contributed by atoms with Gasteiger partial charge in [0.05, 0.1) is 6.54 Å². The summed E-state index contributed by atoms with van der Waals surface area (Å²) in [5, 5.41) is 0. The Hall–Kier alpha value is -0.850. The summed E-state index contributed by atoms with van der Waals surface area (Å²) in [5.41, 5.74) is 1.13. The van der Waals surface area contributed by atoms with Crippen LogP contribution in [-0.4, -0.2) is 50.5 Å². The quantitative estimate of drug-likeness (QED) is 0.448. The van der Waals surface area contributed by atoms with E-state index in [1.54, 1.807) is 12.1 Å². The Balaban J connectivity index is 0.00000200. The molecule has 1 saturated carbocycles. The number of rotatable bonds is 3. The average molecular weight is 391 g/mol. The molecule has 0 bridgehead atoms. The van der Waals surface area contributed by atoms with Crippen molar-refractivity contribution in [2.45, 2.75) is 18.3 Å². The molecule has 0 radical (unpaired) electrons. The van der Waals surface area contributed by atoms with E-state index in [-0.39, 0.29) is 35.2 Å². The van der Waals surface area contributed by atoms with Crippen molar-refractivity contribution in [3.63, 3.8) is 0 Å². The highest BCUT2D eigenvalue weighted by Gasteiger charge is 2.44. The van der Waals surface area contributed by atoms with E-state index in [1.807, 2.05) is 44.1 Å². The van der Waals surface area contributed by atoms with E-state index in [1.165, 1.54) is 6.07 Å². The fraction of sp³-hybridized carbons (Fsp3) is 0.533. The van der Waals surface area contributed by atoms with Gasteiger partial charge in [0.15, 0.2) is 5.96 Å². The number of aliphatic imine (C=N–C) groups is 1. The molecule has 0 heterocycles. The molecule has 1 aromatic carbocycles. The van der Waals surface area contributed by atoms with Crippen molar-refractivity contribution < 1.29 is 4.39 Å². The minimum absolute atomic E-state index is 0. The lowest BCUT2D eigenvalue weighted by Crippen LogP contribution is -2.36. The first-order valence-corrected chi connectivity index (χ1v) is 6.60. The van der Waals surface area contributed by atoms with Gasteiger partial charge in [0.2, 0.25) is 0 Å². The third-order valence-electron chi connectivity index (χ3n) is 3.61. The van der Waals surface area contributed by atoms with Gasteiger partial charge >= 0.3 is 0 Å². The second-order valence-corrected chi connectivity index (χ2v) is 5.70. The minimum Gasteiger partial charge on any atom is -0.349 e. The Morgan fingerprint density at radius 3 is 2.25 bits per heavy atom. The highest BCUT2D eigenvalue weighted by molar-refractivity contribution is 14.0. The van der Waals surface area contributed by atoms with Crippen molar-refractivity contribution in [3.05, 3.63) is 35.6 Å². The summed E-state index contributed by atoms with van der Waals surface area (Å²) in [6.45, 7) is 0.724. The van der Waals surface area contributed by atoms with Gasteiger partial charge in [0, 0.05) is 33.6 Å². The zero-order valence-corrected chi connectivity index (χ0v) is 14.9. The lowest BCUT2D eigenvalue weighted by atomic mass is 9.96. The van der Waals surface area contributed by atoms with Gasteiger partial charge in [0.25, 0.3) is 0 Å². The molecule has 1 aliphatic rings. The molecule has 0 unspecified atom stereocenters. The number of nitrogens with zero attached hydrogens (tertiary/aromatic N) is 3. The molecule has 0 N–H and O–H groups in total. The van der Waals surface area contributed by atoms with Gasteiger partial charge in [-0.25, -0.2) is 4.39 Å². The SMILES string of the molecule is CN(C)C(=NCC1(c2cccc(F)c2)CC1)N(C)C.I. The van der Waals surface area contributed by atoms with Crippen LogP contribution in [0.25, 0.3) is 0 Å². The number of halogens is 2. The summed E-state index contributed by atoms with van der Waals surface area (Å²) in [4.78, 5) is 8.71. The van der Waals surface area contributed by atoms with E-state index in [4.69, 9.17) is 4.99 Å². The van der Waals surface area contributed by atoms with Crippen molar-refractivity contribution in [1.82, 2.24) is 9.80 Å². The molecule has 1 fully saturated rings. The molecule has 2 rings (SSSR count). The van der Waals surface area contributed by atoms with E-state index < -0.39 is 0 Å². The van der Waals surface area contributed by atoms with E-state index in [0.29, 0.717) is 0 Å². The number of guanidine groups is 1. The van der Waals surface area contributed by atoms with Gasteiger partial charge in [-0.05, 0) is 30.5 Å². The van der Waals surface area contributed by atoms with Gasteiger partial charge in [-0.15, -0.1) is 24.0 Å². The number of hydrogen-bond donors (Lipinski definition) is 0. The molecule has 3 nitrogen and oxygen atoms in total. The topological polar surface area (TPSA) is 18.8 Å². The first-order chi connectivity index (χ1) is 8.94. The maximum atomic E-state index is 13.3. The average Bonchev–Trinajstić information content (AvgIpc) is 3.09. The molecule has 0 saturated heterocycles. The predicted molar refractivity (Wildman–Crippen MR) is 92.4 cm³/mol. The molecular weight excluding hydrogens is 368 g/mol. The molecule has 0 aromatic heterocycles. The Kier molecular flexibility index (Phi) is 5.79. The molecule has 5 heteroatoms. The zero-order valence-electron chi connectivity index (χ0n) is 12.6. The van der Waals surface area contributed by atoms with Crippen molar-refractivity contribution in [2.24, 2.45) is 4.99 Å². The van der Waals surface area contributed by atoms with Gasteiger partial charge < -0.3 is 9.80 Å². The van der Waals surface area contributed by atoms with Crippen LogP contribution in [0.2, 0.25) is 0 Å². The maximum absolute atomic E-state index is 13.3. The van der Waals surface area contributed by atoms with Crippen LogP contribution in [0.15, 0.2) is 29.3 Å². The van der Waals surface area contributed by atoms with E-state index in [0.717, 1.165) is 30.9 Å². The molecule has 0 amide bonds. The lowest BCUT2D eigenvalue weighted by molar-refractivity contribution is 0.476. The van der Waals surface area contributed by atoms with E-state index in [9.17, 15) is 4.39 Å². The van der Waals surface area contributed by atoms with E-state index >= 15 is 0 Å². The summed E-state index contributed by atoms with van der Waals surface area (Å²) in [6, 6.07) is 6.94. The molecule has 0 aliphatic heterocycles. The third-order valence-corrected chi connectivity index (χ3v) is 3.61. The van der Waals surface area contributed by atoms with Crippen LogP contribution in [0.3, 0.4) is 0 Å². The second-order valence-electron chi connectivity index (χ2n) is 5.70. The van der Waals surface area contributed by atoms with Gasteiger partial charge in [-0.3, -0.25) is 4.99 Å². The molecule has 20 heavy (non-hydrogen) atoms. The summed E-state index contributed by atoms with van der Waals surface area (Å²) in [5.74, 6) is 0.788. The van der Waals surface area contributed by atoms with Crippen molar-refractivity contribution >= 4 is 29.9 Å². The van der Waals surface area contributed by atoms with Crippen LogP contribution in [-0.2, 0) is 5.41 Å². The first-order valence-electron chi connectivity index (χ1n) is 6.60. The number of hydrogen-bond acceptors (Lipinski definition) is 1. The van der Waals surface area contributed by atoms with Crippen LogP contribution >= 0.6 is 24.0 Å². The first kappa shape index (κ1) is 17.2. The van der Waals surface area contributed by atoms with Gasteiger partial charge in [-0.1, -0.05) is 12.1 Å². The van der Waals surface area contributed by atoms with Crippen molar-refractivity contribution in [3.8, 4) is 0 Å². The Bertz CT molecular complexity index is 472. The van der Waals surface area contributed by atoms with Crippen LogP contribution in [0, 0.1) is 5.82 Å². The predicted octanol–water partition coefficient (Wildman–Crippen LogP) is 2.95. The van der Waals surface area contributed by atoms with Gasteiger partial charge in [0.1, 0.15) is 5.82 Å². The fourth-order valence-corrected chi connectivity index (χ4v) is 2.41. The van der Waals surface area contributed by atoms with Crippen molar-refractivity contribution in [2.75, 3.05) is 34.7 Å². The summed E-state index contributed by atoms with van der Waals surface area (Å²) in [6.07, 6.45) is 2.18. The number of benzene rings is 1. The van der Waals surface area contributed by atoms with Crippen LogP contribution in [0.5, 0.6) is 0 Å². The highest BCUT2D eigenvalue weighted by atomic mass is 127.